The number of piperazine rings is 1. The van der Waals surface area contributed by atoms with Crippen LogP contribution in [0.1, 0.15) is 11.1 Å². The highest BCUT2D eigenvalue weighted by atomic mass is 16.5. The van der Waals surface area contributed by atoms with Crippen molar-refractivity contribution >= 4 is 17.3 Å². The van der Waals surface area contributed by atoms with Gasteiger partial charge in [0.15, 0.2) is 0 Å². The summed E-state index contributed by atoms with van der Waals surface area (Å²) in [4.78, 5) is 13.6. The van der Waals surface area contributed by atoms with Crippen LogP contribution in [0.2, 0.25) is 0 Å². The Kier molecular flexibility index (Phi) is 5.79. The number of aromatic nitrogens is 2. The highest BCUT2D eigenvalue weighted by molar-refractivity contribution is 5.53. The van der Waals surface area contributed by atoms with Gasteiger partial charge in [-0.25, -0.2) is 9.97 Å². The molecule has 6 nitrogen and oxygen atoms in total. The Bertz CT molecular complexity index is 936. The lowest BCUT2D eigenvalue weighted by atomic mass is 10.1. The number of aryl methyl sites for hydroxylation is 1. The molecule has 1 aromatic heterocycles. The molecule has 1 saturated heterocycles. The van der Waals surface area contributed by atoms with Crippen LogP contribution in [0.5, 0.6) is 5.75 Å². The lowest BCUT2D eigenvalue weighted by molar-refractivity contribution is 0.415. The first-order valence-corrected chi connectivity index (χ1v) is 9.97. The Labute approximate surface area is 172 Å². The van der Waals surface area contributed by atoms with Crippen LogP contribution in [0.4, 0.5) is 17.3 Å². The minimum absolute atomic E-state index is 0.753. The van der Waals surface area contributed by atoms with Crippen molar-refractivity contribution in [2.75, 3.05) is 48.4 Å². The summed E-state index contributed by atoms with van der Waals surface area (Å²) in [6.07, 6.45) is 1.64. The Morgan fingerprint density at radius 1 is 0.931 bits per heavy atom. The second-order valence-electron chi connectivity index (χ2n) is 7.28. The minimum atomic E-state index is 0.753. The van der Waals surface area contributed by atoms with Crippen LogP contribution >= 0.6 is 0 Å². The molecule has 1 fully saturated rings. The van der Waals surface area contributed by atoms with E-state index in [4.69, 9.17) is 4.74 Å². The number of rotatable bonds is 6. The predicted molar refractivity (Wildman–Crippen MR) is 118 cm³/mol. The monoisotopic (exact) mass is 389 g/mol. The standard InChI is InChI=1S/C23H27N5O/c1-18-4-3-5-19(14-18)16-24-22-15-23(26-17-25-22)28-12-10-27(11-13-28)20-6-8-21(29-2)9-7-20/h3-9,14-15,17H,10-13,16H2,1-2H3,(H,24,25,26). The van der Waals surface area contributed by atoms with Crippen LogP contribution in [0, 0.1) is 6.92 Å². The first-order chi connectivity index (χ1) is 14.2. The number of nitrogens with zero attached hydrogens (tertiary/aromatic N) is 4. The topological polar surface area (TPSA) is 53.5 Å². The fourth-order valence-electron chi connectivity index (χ4n) is 3.62. The molecule has 2 heterocycles. The molecule has 0 radical (unpaired) electrons. The first-order valence-electron chi connectivity index (χ1n) is 9.97. The molecule has 0 unspecified atom stereocenters. The Morgan fingerprint density at radius 2 is 1.69 bits per heavy atom. The summed E-state index contributed by atoms with van der Waals surface area (Å²) in [5, 5.41) is 3.41. The average Bonchev–Trinajstić information content (AvgIpc) is 2.78. The van der Waals surface area contributed by atoms with Gasteiger partial charge in [0.1, 0.15) is 23.7 Å². The lowest BCUT2D eigenvalue weighted by Crippen LogP contribution is -2.46. The van der Waals surface area contributed by atoms with Crippen LogP contribution in [-0.4, -0.2) is 43.3 Å². The van der Waals surface area contributed by atoms with Crippen molar-refractivity contribution in [3.8, 4) is 5.75 Å². The molecular formula is C23H27N5O. The molecule has 0 amide bonds. The van der Waals surface area contributed by atoms with Gasteiger partial charge in [0, 0.05) is 44.5 Å². The lowest BCUT2D eigenvalue weighted by Gasteiger charge is -2.36. The molecular weight excluding hydrogens is 362 g/mol. The summed E-state index contributed by atoms with van der Waals surface area (Å²) in [5.41, 5.74) is 3.74. The predicted octanol–water partition coefficient (Wildman–Crippen LogP) is 3.73. The zero-order valence-corrected chi connectivity index (χ0v) is 17.0. The normalized spacial score (nSPS) is 14.0. The van der Waals surface area contributed by atoms with Gasteiger partial charge in [-0.2, -0.15) is 0 Å². The van der Waals surface area contributed by atoms with Crippen molar-refractivity contribution in [1.29, 1.82) is 0 Å². The van der Waals surface area contributed by atoms with Gasteiger partial charge < -0.3 is 19.9 Å². The van der Waals surface area contributed by atoms with Gasteiger partial charge in [-0.15, -0.1) is 0 Å². The van der Waals surface area contributed by atoms with Crippen LogP contribution in [-0.2, 0) is 6.54 Å². The van der Waals surface area contributed by atoms with Crippen molar-refractivity contribution < 1.29 is 4.74 Å². The van der Waals surface area contributed by atoms with E-state index in [1.165, 1.54) is 16.8 Å². The number of methoxy groups -OCH3 is 1. The summed E-state index contributed by atoms with van der Waals surface area (Å²) >= 11 is 0. The van der Waals surface area contributed by atoms with Crippen molar-refractivity contribution in [3.05, 3.63) is 72.1 Å². The molecule has 29 heavy (non-hydrogen) atoms. The van der Waals surface area contributed by atoms with Gasteiger partial charge in [-0.05, 0) is 36.8 Å². The average molecular weight is 390 g/mol. The summed E-state index contributed by atoms with van der Waals surface area (Å²) in [6.45, 7) is 6.65. The smallest absolute Gasteiger partial charge is 0.134 e. The van der Waals surface area contributed by atoms with Crippen LogP contribution in [0.15, 0.2) is 60.9 Å². The van der Waals surface area contributed by atoms with Gasteiger partial charge in [-0.3, -0.25) is 0 Å². The van der Waals surface area contributed by atoms with Gasteiger partial charge >= 0.3 is 0 Å². The van der Waals surface area contributed by atoms with Crippen LogP contribution < -0.4 is 19.9 Å². The van der Waals surface area contributed by atoms with Crippen LogP contribution in [0.25, 0.3) is 0 Å². The van der Waals surface area contributed by atoms with Crippen molar-refractivity contribution in [2.24, 2.45) is 0 Å². The third-order valence-electron chi connectivity index (χ3n) is 5.25. The van der Waals surface area contributed by atoms with E-state index in [-0.39, 0.29) is 0 Å². The molecule has 1 aliphatic rings. The van der Waals surface area contributed by atoms with E-state index in [9.17, 15) is 0 Å². The summed E-state index contributed by atoms with van der Waals surface area (Å²) in [5.74, 6) is 2.72. The number of benzene rings is 2. The number of hydrogen-bond donors (Lipinski definition) is 1. The first kappa shape index (κ1) is 19.1. The van der Waals surface area contributed by atoms with Crippen molar-refractivity contribution in [2.45, 2.75) is 13.5 Å². The largest absolute Gasteiger partial charge is 0.497 e. The summed E-state index contributed by atoms with van der Waals surface area (Å²) < 4.78 is 5.25. The molecule has 0 atom stereocenters. The van der Waals surface area contributed by atoms with Gasteiger partial charge in [-0.1, -0.05) is 29.8 Å². The fourth-order valence-corrected chi connectivity index (χ4v) is 3.62. The van der Waals surface area contributed by atoms with E-state index in [0.29, 0.717) is 0 Å². The molecule has 0 spiro atoms. The van der Waals surface area contributed by atoms with Crippen LogP contribution in [0.3, 0.4) is 0 Å². The van der Waals surface area contributed by atoms with Gasteiger partial charge in [0.05, 0.1) is 7.11 Å². The number of ether oxygens (including phenoxy) is 1. The number of nitrogens with one attached hydrogen (secondary N) is 1. The maximum Gasteiger partial charge on any atom is 0.134 e. The van der Waals surface area contributed by atoms with Gasteiger partial charge in [0.25, 0.3) is 0 Å². The third-order valence-corrected chi connectivity index (χ3v) is 5.25. The van der Waals surface area contributed by atoms with Crippen molar-refractivity contribution in [1.82, 2.24) is 9.97 Å². The van der Waals surface area contributed by atoms with E-state index >= 15 is 0 Å². The molecule has 1 N–H and O–H groups in total. The Morgan fingerprint density at radius 3 is 2.41 bits per heavy atom. The zero-order chi connectivity index (χ0) is 20.1. The van der Waals surface area contributed by atoms with E-state index in [1.54, 1.807) is 13.4 Å². The molecule has 2 aromatic carbocycles. The third kappa shape index (κ3) is 4.77. The summed E-state index contributed by atoms with van der Waals surface area (Å²) in [7, 11) is 1.69. The highest BCUT2D eigenvalue weighted by Crippen LogP contribution is 2.22. The number of anilines is 3. The van der Waals surface area contributed by atoms with E-state index in [0.717, 1.165) is 50.1 Å². The van der Waals surface area contributed by atoms with E-state index in [1.807, 2.05) is 18.2 Å². The van der Waals surface area contributed by atoms with E-state index < -0.39 is 0 Å². The minimum Gasteiger partial charge on any atom is -0.497 e. The van der Waals surface area contributed by atoms with E-state index in [2.05, 4.69) is 68.4 Å². The molecule has 0 aliphatic carbocycles. The highest BCUT2D eigenvalue weighted by Gasteiger charge is 2.18. The molecule has 3 aromatic rings. The second-order valence-corrected chi connectivity index (χ2v) is 7.28. The maximum atomic E-state index is 5.25. The Balaban J connectivity index is 1.35. The molecule has 6 heteroatoms. The molecule has 1 aliphatic heterocycles. The maximum absolute atomic E-state index is 5.25. The number of hydrogen-bond acceptors (Lipinski definition) is 6. The quantitative estimate of drug-likeness (QED) is 0.693. The zero-order valence-electron chi connectivity index (χ0n) is 17.0. The SMILES string of the molecule is COc1ccc(N2CCN(c3cc(NCc4cccc(C)c4)ncn3)CC2)cc1. The molecule has 0 bridgehead atoms. The molecule has 150 valence electrons. The van der Waals surface area contributed by atoms with Crippen molar-refractivity contribution in [3.63, 3.8) is 0 Å². The molecule has 0 saturated carbocycles. The Hall–Kier alpha value is -3.28. The summed E-state index contributed by atoms with van der Waals surface area (Å²) in [6, 6.07) is 18.8. The van der Waals surface area contributed by atoms with Gasteiger partial charge in [0.2, 0.25) is 0 Å². The fraction of sp³-hybridized carbons (Fsp3) is 0.304. The second kappa shape index (κ2) is 8.82. The molecule has 4 rings (SSSR count).